The van der Waals surface area contributed by atoms with Crippen LogP contribution in [0.2, 0.25) is 5.02 Å². The SMILES string of the molecule is CC(=O)c1c(C)[nH]c(C(=O)C(C)OC(=O)/C=C/c2cccc(Cl)c2)c1C. The van der Waals surface area contributed by atoms with E-state index in [0.29, 0.717) is 21.8 Å². The molecule has 2 rings (SSSR count). The number of esters is 1. The second-order valence-electron chi connectivity index (χ2n) is 6.01. The molecule has 2 aromatic rings. The predicted octanol–water partition coefficient (Wildman–Crippen LogP) is 4.32. The van der Waals surface area contributed by atoms with Crippen molar-refractivity contribution in [2.24, 2.45) is 0 Å². The Balaban J connectivity index is 2.08. The van der Waals surface area contributed by atoms with Gasteiger partial charge in [0.15, 0.2) is 11.9 Å². The smallest absolute Gasteiger partial charge is 0.331 e. The molecule has 5 nitrogen and oxygen atoms in total. The highest BCUT2D eigenvalue weighted by atomic mass is 35.5. The molecular weight excluding hydrogens is 354 g/mol. The highest BCUT2D eigenvalue weighted by Crippen LogP contribution is 2.20. The molecule has 1 unspecified atom stereocenters. The van der Waals surface area contributed by atoms with Crippen LogP contribution in [-0.4, -0.2) is 28.6 Å². The molecule has 1 aromatic carbocycles. The van der Waals surface area contributed by atoms with E-state index in [-0.39, 0.29) is 17.3 Å². The topological polar surface area (TPSA) is 76.2 Å². The minimum atomic E-state index is -0.983. The molecule has 1 N–H and O–H groups in total. The van der Waals surface area contributed by atoms with Gasteiger partial charge in [-0.15, -0.1) is 0 Å². The van der Waals surface area contributed by atoms with Gasteiger partial charge in [0.1, 0.15) is 0 Å². The van der Waals surface area contributed by atoms with Crippen molar-refractivity contribution < 1.29 is 19.1 Å². The van der Waals surface area contributed by atoms with Gasteiger partial charge in [0.25, 0.3) is 0 Å². The number of H-pyrrole nitrogens is 1. The molecule has 0 aliphatic rings. The molecule has 0 spiro atoms. The number of benzene rings is 1. The summed E-state index contributed by atoms with van der Waals surface area (Å²) >= 11 is 5.88. The first-order valence-corrected chi connectivity index (χ1v) is 8.47. The number of aromatic nitrogens is 1. The van der Waals surface area contributed by atoms with Crippen molar-refractivity contribution in [1.82, 2.24) is 4.98 Å². The normalized spacial score (nSPS) is 12.2. The molecule has 0 fully saturated rings. The van der Waals surface area contributed by atoms with E-state index in [1.807, 2.05) is 0 Å². The Kier molecular flexibility index (Phi) is 6.16. The quantitative estimate of drug-likeness (QED) is 0.465. The number of aryl methyl sites for hydroxylation is 1. The Morgan fingerprint density at radius 2 is 1.92 bits per heavy atom. The van der Waals surface area contributed by atoms with E-state index in [4.69, 9.17) is 16.3 Å². The summed E-state index contributed by atoms with van der Waals surface area (Å²) in [5.41, 5.74) is 2.71. The number of aromatic amines is 1. The van der Waals surface area contributed by atoms with Crippen LogP contribution in [0.25, 0.3) is 6.08 Å². The first kappa shape index (κ1) is 19.7. The lowest BCUT2D eigenvalue weighted by Gasteiger charge is -2.10. The molecule has 0 bridgehead atoms. The minimum Gasteiger partial charge on any atom is -0.451 e. The molecule has 0 saturated heterocycles. The molecule has 0 amide bonds. The third kappa shape index (κ3) is 4.49. The number of carbonyl (C=O) groups is 3. The minimum absolute atomic E-state index is 0.121. The summed E-state index contributed by atoms with van der Waals surface area (Å²) in [6, 6.07) is 6.99. The summed E-state index contributed by atoms with van der Waals surface area (Å²) in [6.45, 7) is 6.37. The van der Waals surface area contributed by atoms with Crippen molar-refractivity contribution in [3.05, 3.63) is 63.4 Å². The standard InChI is InChI=1S/C20H20ClNO4/c1-11-18(13(3)23)12(2)22-19(11)20(25)14(4)26-17(24)9-8-15-6-5-7-16(21)10-15/h5-10,14,22H,1-4H3/b9-8+. The van der Waals surface area contributed by atoms with Crippen LogP contribution in [0.5, 0.6) is 0 Å². The van der Waals surface area contributed by atoms with Crippen LogP contribution in [0.15, 0.2) is 30.3 Å². The van der Waals surface area contributed by atoms with Crippen LogP contribution < -0.4 is 0 Å². The fourth-order valence-corrected chi connectivity index (χ4v) is 2.97. The van der Waals surface area contributed by atoms with Crippen molar-refractivity contribution in [2.75, 3.05) is 0 Å². The summed E-state index contributed by atoms with van der Waals surface area (Å²) in [5, 5.41) is 0.558. The molecule has 1 aromatic heterocycles. The Bertz CT molecular complexity index is 895. The molecule has 0 radical (unpaired) electrons. The molecule has 0 saturated carbocycles. The third-order valence-electron chi connectivity index (χ3n) is 3.96. The maximum atomic E-state index is 12.5. The van der Waals surface area contributed by atoms with Crippen molar-refractivity contribution in [1.29, 1.82) is 0 Å². The van der Waals surface area contributed by atoms with Crippen LogP contribution in [0.1, 0.15) is 51.5 Å². The summed E-state index contributed by atoms with van der Waals surface area (Å²) in [6.07, 6.45) is 1.81. The number of halogens is 1. The lowest BCUT2D eigenvalue weighted by molar-refractivity contribution is -0.140. The van der Waals surface area contributed by atoms with Gasteiger partial charge >= 0.3 is 5.97 Å². The van der Waals surface area contributed by atoms with E-state index < -0.39 is 12.1 Å². The zero-order chi connectivity index (χ0) is 19.4. The number of hydrogen-bond donors (Lipinski definition) is 1. The molecule has 136 valence electrons. The van der Waals surface area contributed by atoms with Crippen LogP contribution in [0.3, 0.4) is 0 Å². The summed E-state index contributed by atoms with van der Waals surface area (Å²) in [5.74, 6) is -1.15. The molecule has 0 aliphatic heterocycles. The Hall–Kier alpha value is -2.66. The van der Waals surface area contributed by atoms with Gasteiger partial charge in [-0.1, -0.05) is 23.7 Å². The lowest BCUT2D eigenvalue weighted by Crippen LogP contribution is -2.24. The Morgan fingerprint density at radius 3 is 2.50 bits per heavy atom. The number of nitrogens with one attached hydrogen (secondary N) is 1. The van der Waals surface area contributed by atoms with Crippen LogP contribution in [0.4, 0.5) is 0 Å². The van der Waals surface area contributed by atoms with E-state index in [1.54, 1.807) is 44.2 Å². The number of rotatable bonds is 6. The average Bonchev–Trinajstić information content (AvgIpc) is 2.86. The molecule has 1 heterocycles. The first-order valence-electron chi connectivity index (χ1n) is 8.09. The van der Waals surface area contributed by atoms with Crippen molar-refractivity contribution in [2.45, 2.75) is 33.8 Å². The number of ether oxygens (including phenoxy) is 1. The highest BCUT2D eigenvalue weighted by molar-refractivity contribution is 6.30. The van der Waals surface area contributed by atoms with Crippen LogP contribution in [-0.2, 0) is 9.53 Å². The highest BCUT2D eigenvalue weighted by Gasteiger charge is 2.25. The van der Waals surface area contributed by atoms with Gasteiger partial charge < -0.3 is 9.72 Å². The van der Waals surface area contributed by atoms with Gasteiger partial charge in [0.2, 0.25) is 5.78 Å². The van der Waals surface area contributed by atoms with E-state index in [2.05, 4.69) is 4.98 Å². The van der Waals surface area contributed by atoms with E-state index >= 15 is 0 Å². The Labute approximate surface area is 157 Å². The van der Waals surface area contributed by atoms with Gasteiger partial charge in [-0.25, -0.2) is 4.79 Å². The van der Waals surface area contributed by atoms with E-state index in [9.17, 15) is 14.4 Å². The predicted molar refractivity (Wildman–Crippen MR) is 101 cm³/mol. The largest absolute Gasteiger partial charge is 0.451 e. The zero-order valence-electron chi connectivity index (χ0n) is 15.1. The lowest BCUT2D eigenvalue weighted by atomic mass is 10.0. The van der Waals surface area contributed by atoms with Gasteiger partial charge in [-0.05, 0) is 57.0 Å². The fraction of sp³-hybridized carbons (Fsp3) is 0.250. The molecule has 6 heteroatoms. The molecule has 26 heavy (non-hydrogen) atoms. The van der Waals surface area contributed by atoms with Gasteiger partial charge in [-0.3, -0.25) is 9.59 Å². The van der Waals surface area contributed by atoms with Crippen molar-refractivity contribution >= 4 is 35.2 Å². The first-order chi connectivity index (χ1) is 12.2. The third-order valence-corrected chi connectivity index (χ3v) is 4.19. The fourth-order valence-electron chi connectivity index (χ4n) is 2.77. The van der Waals surface area contributed by atoms with Gasteiger partial charge in [0.05, 0.1) is 5.69 Å². The second kappa shape index (κ2) is 8.15. The summed E-state index contributed by atoms with van der Waals surface area (Å²) in [4.78, 5) is 39.1. The van der Waals surface area contributed by atoms with Crippen molar-refractivity contribution in [3.63, 3.8) is 0 Å². The van der Waals surface area contributed by atoms with E-state index in [0.717, 1.165) is 5.56 Å². The number of hydrogen-bond acceptors (Lipinski definition) is 4. The summed E-state index contributed by atoms with van der Waals surface area (Å²) in [7, 11) is 0. The monoisotopic (exact) mass is 373 g/mol. The maximum Gasteiger partial charge on any atom is 0.331 e. The number of ketones is 2. The molecular formula is C20H20ClNO4. The van der Waals surface area contributed by atoms with Crippen LogP contribution in [0, 0.1) is 13.8 Å². The maximum absolute atomic E-state index is 12.5. The molecule has 0 aliphatic carbocycles. The van der Waals surface area contributed by atoms with Crippen molar-refractivity contribution in [3.8, 4) is 0 Å². The second-order valence-corrected chi connectivity index (χ2v) is 6.45. The number of Topliss-reactive ketones (excluding diaryl/α,β-unsaturated/α-hetero) is 2. The zero-order valence-corrected chi connectivity index (χ0v) is 15.8. The van der Waals surface area contributed by atoms with E-state index in [1.165, 1.54) is 19.9 Å². The van der Waals surface area contributed by atoms with Gasteiger partial charge in [-0.2, -0.15) is 0 Å². The number of carbonyl (C=O) groups excluding carboxylic acids is 3. The summed E-state index contributed by atoms with van der Waals surface area (Å²) < 4.78 is 5.17. The Morgan fingerprint density at radius 1 is 1.23 bits per heavy atom. The molecule has 1 atom stereocenters. The van der Waals surface area contributed by atoms with Gasteiger partial charge in [0, 0.05) is 22.4 Å². The van der Waals surface area contributed by atoms with Crippen LogP contribution >= 0.6 is 11.6 Å². The average molecular weight is 374 g/mol.